The van der Waals surface area contributed by atoms with Crippen molar-refractivity contribution >= 4 is 22.5 Å². The van der Waals surface area contributed by atoms with Crippen molar-refractivity contribution in [3.05, 3.63) is 35.5 Å². The lowest BCUT2D eigenvalue weighted by molar-refractivity contribution is 0.548. The van der Waals surface area contributed by atoms with Gasteiger partial charge in [-0.15, -0.1) is 0 Å². The monoisotopic (exact) mass is 236 g/mol. The molecular formula is C13H17ClN2. The molecule has 2 rings (SSSR count). The van der Waals surface area contributed by atoms with Gasteiger partial charge in [-0.3, -0.25) is 0 Å². The van der Waals surface area contributed by atoms with Gasteiger partial charge < -0.3 is 9.88 Å². The summed E-state index contributed by atoms with van der Waals surface area (Å²) in [5, 5.41) is 5.37. The van der Waals surface area contributed by atoms with Crippen molar-refractivity contribution in [1.29, 1.82) is 0 Å². The maximum absolute atomic E-state index is 6.13. The van der Waals surface area contributed by atoms with Crippen LogP contribution in [0.2, 0.25) is 5.02 Å². The van der Waals surface area contributed by atoms with Crippen molar-refractivity contribution in [2.24, 2.45) is 0 Å². The van der Waals surface area contributed by atoms with Crippen LogP contribution in [-0.4, -0.2) is 17.2 Å². The standard InChI is InChI=1S/C13H17ClN2/c1-10(2)15-7-9-16-8-6-11-12(14)4-3-5-13(11)16/h3-6,8,10,15H,7,9H2,1-2H3. The summed E-state index contributed by atoms with van der Waals surface area (Å²) >= 11 is 6.13. The van der Waals surface area contributed by atoms with Crippen molar-refractivity contribution in [2.75, 3.05) is 6.54 Å². The van der Waals surface area contributed by atoms with Crippen LogP contribution in [0.5, 0.6) is 0 Å². The Bertz CT molecular complexity index is 474. The van der Waals surface area contributed by atoms with Crippen LogP contribution >= 0.6 is 11.6 Å². The van der Waals surface area contributed by atoms with Crippen molar-refractivity contribution < 1.29 is 0 Å². The number of benzene rings is 1. The highest BCUT2D eigenvalue weighted by molar-refractivity contribution is 6.35. The Balaban J connectivity index is 2.16. The van der Waals surface area contributed by atoms with E-state index < -0.39 is 0 Å². The largest absolute Gasteiger partial charge is 0.346 e. The van der Waals surface area contributed by atoms with Gasteiger partial charge >= 0.3 is 0 Å². The van der Waals surface area contributed by atoms with Crippen LogP contribution in [0, 0.1) is 0 Å². The van der Waals surface area contributed by atoms with E-state index in [0.29, 0.717) is 6.04 Å². The Kier molecular flexibility index (Phi) is 3.52. The molecule has 0 bridgehead atoms. The maximum atomic E-state index is 6.13. The lowest BCUT2D eigenvalue weighted by atomic mass is 10.2. The third kappa shape index (κ3) is 2.39. The molecule has 0 fully saturated rings. The van der Waals surface area contributed by atoms with Gasteiger partial charge in [-0.2, -0.15) is 0 Å². The minimum absolute atomic E-state index is 0.533. The van der Waals surface area contributed by atoms with Crippen LogP contribution in [0.15, 0.2) is 30.5 Å². The molecule has 3 heteroatoms. The van der Waals surface area contributed by atoms with Gasteiger partial charge in [0.25, 0.3) is 0 Å². The molecule has 2 aromatic rings. The highest BCUT2D eigenvalue weighted by Crippen LogP contribution is 2.23. The third-order valence-corrected chi connectivity index (χ3v) is 3.00. The Labute approximate surface area is 101 Å². The molecule has 0 unspecified atom stereocenters. The predicted molar refractivity (Wildman–Crippen MR) is 70.1 cm³/mol. The van der Waals surface area contributed by atoms with E-state index in [1.165, 1.54) is 5.52 Å². The smallest absolute Gasteiger partial charge is 0.0499 e. The molecule has 1 heterocycles. The van der Waals surface area contributed by atoms with Gasteiger partial charge in [-0.05, 0) is 18.2 Å². The van der Waals surface area contributed by atoms with Gasteiger partial charge in [-0.25, -0.2) is 0 Å². The highest BCUT2D eigenvalue weighted by Gasteiger charge is 2.03. The summed E-state index contributed by atoms with van der Waals surface area (Å²) in [6.07, 6.45) is 2.10. The summed E-state index contributed by atoms with van der Waals surface area (Å²) in [7, 11) is 0. The molecule has 0 radical (unpaired) electrons. The summed E-state index contributed by atoms with van der Waals surface area (Å²) < 4.78 is 2.23. The Morgan fingerprint density at radius 1 is 1.31 bits per heavy atom. The molecule has 0 saturated heterocycles. The Hall–Kier alpha value is -0.990. The molecule has 1 N–H and O–H groups in total. The first kappa shape index (κ1) is 11.5. The summed E-state index contributed by atoms with van der Waals surface area (Å²) in [4.78, 5) is 0. The van der Waals surface area contributed by atoms with Gasteiger partial charge in [0.1, 0.15) is 0 Å². The summed E-state index contributed by atoms with van der Waals surface area (Å²) in [6, 6.07) is 8.65. The first-order chi connectivity index (χ1) is 7.68. The molecule has 0 spiro atoms. The van der Waals surface area contributed by atoms with Gasteiger partial charge in [0.2, 0.25) is 0 Å². The van der Waals surface area contributed by atoms with E-state index in [1.54, 1.807) is 0 Å². The lowest BCUT2D eigenvalue weighted by Gasteiger charge is -2.09. The van der Waals surface area contributed by atoms with E-state index in [9.17, 15) is 0 Å². The van der Waals surface area contributed by atoms with Crippen molar-refractivity contribution in [3.63, 3.8) is 0 Å². The summed E-state index contributed by atoms with van der Waals surface area (Å²) in [5.41, 5.74) is 1.21. The Morgan fingerprint density at radius 3 is 2.88 bits per heavy atom. The molecule has 0 atom stereocenters. The van der Waals surface area contributed by atoms with Crippen LogP contribution in [0.4, 0.5) is 0 Å². The van der Waals surface area contributed by atoms with E-state index in [0.717, 1.165) is 23.5 Å². The van der Waals surface area contributed by atoms with Crippen molar-refractivity contribution in [1.82, 2.24) is 9.88 Å². The molecule has 0 amide bonds. The van der Waals surface area contributed by atoms with Crippen LogP contribution in [0.3, 0.4) is 0 Å². The topological polar surface area (TPSA) is 17.0 Å². The zero-order valence-corrected chi connectivity index (χ0v) is 10.5. The average molecular weight is 237 g/mol. The van der Waals surface area contributed by atoms with Crippen molar-refractivity contribution in [3.8, 4) is 0 Å². The van der Waals surface area contributed by atoms with E-state index in [2.05, 4.69) is 42.1 Å². The lowest BCUT2D eigenvalue weighted by Crippen LogP contribution is -2.26. The molecule has 0 aliphatic carbocycles. The normalized spacial score (nSPS) is 11.5. The molecule has 0 saturated carbocycles. The van der Waals surface area contributed by atoms with Gasteiger partial charge in [-0.1, -0.05) is 31.5 Å². The minimum Gasteiger partial charge on any atom is -0.346 e. The van der Waals surface area contributed by atoms with Crippen LogP contribution in [0.1, 0.15) is 13.8 Å². The second kappa shape index (κ2) is 4.89. The number of hydrogen-bond acceptors (Lipinski definition) is 1. The Morgan fingerprint density at radius 2 is 2.12 bits per heavy atom. The number of nitrogens with zero attached hydrogens (tertiary/aromatic N) is 1. The highest BCUT2D eigenvalue weighted by atomic mass is 35.5. The van der Waals surface area contributed by atoms with Gasteiger partial charge in [0.15, 0.2) is 0 Å². The van der Waals surface area contributed by atoms with Crippen molar-refractivity contribution in [2.45, 2.75) is 26.4 Å². The zero-order valence-electron chi connectivity index (χ0n) is 9.70. The molecule has 1 aromatic heterocycles. The van der Waals surface area contributed by atoms with E-state index in [4.69, 9.17) is 11.6 Å². The SMILES string of the molecule is CC(C)NCCn1ccc2c(Cl)cccc21. The number of halogens is 1. The summed E-state index contributed by atoms with van der Waals surface area (Å²) in [5.74, 6) is 0. The number of hydrogen-bond donors (Lipinski definition) is 1. The third-order valence-electron chi connectivity index (χ3n) is 2.67. The second-order valence-electron chi connectivity index (χ2n) is 4.29. The minimum atomic E-state index is 0.533. The van der Waals surface area contributed by atoms with E-state index >= 15 is 0 Å². The van der Waals surface area contributed by atoms with E-state index in [-0.39, 0.29) is 0 Å². The summed E-state index contributed by atoms with van der Waals surface area (Å²) in [6.45, 7) is 6.27. The molecule has 86 valence electrons. The number of aromatic nitrogens is 1. The van der Waals surface area contributed by atoms with Gasteiger partial charge in [0.05, 0.1) is 0 Å². The van der Waals surface area contributed by atoms with E-state index in [1.807, 2.05) is 12.1 Å². The molecule has 2 nitrogen and oxygen atoms in total. The fourth-order valence-electron chi connectivity index (χ4n) is 1.85. The first-order valence-corrected chi connectivity index (χ1v) is 6.03. The zero-order chi connectivity index (χ0) is 11.5. The molecular weight excluding hydrogens is 220 g/mol. The second-order valence-corrected chi connectivity index (χ2v) is 4.70. The fourth-order valence-corrected chi connectivity index (χ4v) is 2.09. The van der Waals surface area contributed by atoms with Crippen LogP contribution < -0.4 is 5.32 Å². The van der Waals surface area contributed by atoms with Crippen LogP contribution in [0.25, 0.3) is 10.9 Å². The first-order valence-electron chi connectivity index (χ1n) is 5.65. The molecule has 0 aliphatic heterocycles. The predicted octanol–water partition coefficient (Wildman–Crippen LogP) is 3.29. The molecule has 0 aliphatic rings. The molecule has 1 aromatic carbocycles. The number of rotatable bonds is 4. The quantitative estimate of drug-likeness (QED) is 0.862. The maximum Gasteiger partial charge on any atom is 0.0499 e. The van der Waals surface area contributed by atoms with Gasteiger partial charge in [0, 0.05) is 41.3 Å². The average Bonchev–Trinajstić information content (AvgIpc) is 2.63. The molecule has 16 heavy (non-hydrogen) atoms. The number of fused-ring (bicyclic) bond motifs is 1. The number of nitrogens with one attached hydrogen (secondary N) is 1. The fraction of sp³-hybridized carbons (Fsp3) is 0.385. The van der Waals surface area contributed by atoms with Crippen LogP contribution in [-0.2, 0) is 6.54 Å².